The van der Waals surface area contributed by atoms with Gasteiger partial charge in [0.25, 0.3) is 0 Å². The molecule has 116 valence electrons. The number of hydrogen-bond donors (Lipinski definition) is 0. The van der Waals surface area contributed by atoms with Gasteiger partial charge in [-0.25, -0.2) is 0 Å². The molecule has 2 aliphatic rings. The molecule has 1 aliphatic heterocycles. The van der Waals surface area contributed by atoms with Gasteiger partial charge in [0.2, 0.25) is 5.91 Å². The van der Waals surface area contributed by atoms with Gasteiger partial charge in [-0.1, -0.05) is 18.0 Å². The number of nitrogens with zero attached hydrogens (tertiary/aromatic N) is 2. The SMILES string of the molecule is Cc1noc(C)c1CCC(=O)N1CCCC2CCCCC21. The molecule has 1 saturated heterocycles. The second-order valence-corrected chi connectivity index (χ2v) is 6.64. The smallest absolute Gasteiger partial charge is 0.223 e. The van der Waals surface area contributed by atoms with Gasteiger partial charge in [-0.3, -0.25) is 4.79 Å². The van der Waals surface area contributed by atoms with Crippen molar-refractivity contribution in [1.29, 1.82) is 0 Å². The lowest BCUT2D eigenvalue weighted by atomic mass is 9.78. The van der Waals surface area contributed by atoms with Gasteiger partial charge in [0, 0.05) is 24.6 Å². The van der Waals surface area contributed by atoms with Gasteiger partial charge in [-0.15, -0.1) is 0 Å². The van der Waals surface area contributed by atoms with Gasteiger partial charge in [0.15, 0.2) is 0 Å². The number of fused-ring (bicyclic) bond motifs is 1. The zero-order valence-electron chi connectivity index (χ0n) is 13.2. The molecule has 1 aromatic heterocycles. The molecule has 21 heavy (non-hydrogen) atoms. The average molecular weight is 290 g/mol. The van der Waals surface area contributed by atoms with Crippen LogP contribution in [0.25, 0.3) is 0 Å². The highest BCUT2D eigenvalue weighted by Crippen LogP contribution is 2.35. The average Bonchev–Trinajstić information content (AvgIpc) is 2.83. The van der Waals surface area contributed by atoms with Crippen molar-refractivity contribution in [3.05, 3.63) is 17.0 Å². The lowest BCUT2D eigenvalue weighted by Crippen LogP contribution is -2.49. The van der Waals surface area contributed by atoms with Gasteiger partial charge in [0.1, 0.15) is 5.76 Å². The zero-order chi connectivity index (χ0) is 14.8. The van der Waals surface area contributed by atoms with Crippen molar-refractivity contribution >= 4 is 5.91 Å². The van der Waals surface area contributed by atoms with Crippen LogP contribution in [0.15, 0.2) is 4.52 Å². The molecule has 3 rings (SSSR count). The summed E-state index contributed by atoms with van der Waals surface area (Å²) in [6.45, 7) is 4.84. The van der Waals surface area contributed by atoms with Crippen LogP contribution in [0.2, 0.25) is 0 Å². The first-order valence-corrected chi connectivity index (χ1v) is 8.38. The van der Waals surface area contributed by atoms with Crippen molar-refractivity contribution in [2.45, 2.75) is 71.3 Å². The summed E-state index contributed by atoms with van der Waals surface area (Å²) in [4.78, 5) is 14.8. The van der Waals surface area contributed by atoms with E-state index in [2.05, 4.69) is 10.1 Å². The predicted molar refractivity (Wildman–Crippen MR) is 81.0 cm³/mol. The Morgan fingerprint density at radius 3 is 2.76 bits per heavy atom. The summed E-state index contributed by atoms with van der Waals surface area (Å²) in [5.41, 5.74) is 2.04. The lowest BCUT2D eigenvalue weighted by molar-refractivity contribution is -0.137. The van der Waals surface area contributed by atoms with Crippen LogP contribution in [-0.4, -0.2) is 28.6 Å². The number of carbonyl (C=O) groups is 1. The van der Waals surface area contributed by atoms with Crippen molar-refractivity contribution in [1.82, 2.24) is 10.1 Å². The summed E-state index contributed by atoms with van der Waals surface area (Å²) in [6.07, 6.45) is 9.01. The lowest BCUT2D eigenvalue weighted by Gasteiger charge is -2.44. The minimum Gasteiger partial charge on any atom is -0.361 e. The van der Waals surface area contributed by atoms with E-state index in [-0.39, 0.29) is 0 Å². The number of piperidine rings is 1. The Balaban J connectivity index is 1.62. The van der Waals surface area contributed by atoms with Gasteiger partial charge in [-0.2, -0.15) is 0 Å². The molecule has 1 saturated carbocycles. The topological polar surface area (TPSA) is 46.3 Å². The van der Waals surface area contributed by atoms with E-state index in [0.29, 0.717) is 18.4 Å². The largest absolute Gasteiger partial charge is 0.361 e. The van der Waals surface area contributed by atoms with Crippen molar-refractivity contribution < 1.29 is 9.32 Å². The van der Waals surface area contributed by atoms with Gasteiger partial charge in [0.05, 0.1) is 5.69 Å². The Labute approximate surface area is 126 Å². The fourth-order valence-corrected chi connectivity index (χ4v) is 4.17. The number of rotatable bonds is 3. The Bertz CT molecular complexity index is 487. The summed E-state index contributed by atoms with van der Waals surface area (Å²) in [5, 5.41) is 3.97. The molecule has 1 amide bonds. The highest BCUT2D eigenvalue weighted by atomic mass is 16.5. The van der Waals surface area contributed by atoms with E-state index in [4.69, 9.17) is 4.52 Å². The molecule has 1 aliphatic carbocycles. The predicted octanol–water partition coefficient (Wildman–Crippen LogP) is 3.41. The summed E-state index contributed by atoms with van der Waals surface area (Å²) >= 11 is 0. The van der Waals surface area contributed by atoms with Crippen LogP contribution in [0.1, 0.15) is 62.0 Å². The molecule has 0 aromatic carbocycles. The molecule has 4 nitrogen and oxygen atoms in total. The molecule has 2 atom stereocenters. The van der Waals surface area contributed by atoms with E-state index in [1.807, 2.05) is 13.8 Å². The molecule has 0 radical (unpaired) electrons. The molecular formula is C17H26N2O2. The molecule has 0 N–H and O–H groups in total. The van der Waals surface area contributed by atoms with Crippen LogP contribution in [0.5, 0.6) is 0 Å². The zero-order valence-corrected chi connectivity index (χ0v) is 13.2. The van der Waals surface area contributed by atoms with Crippen LogP contribution in [0, 0.1) is 19.8 Å². The first-order chi connectivity index (χ1) is 10.2. The van der Waals surface area contributed by atoms with Crippen molar-refractivity contribution in [3.8, 4) is 0 Å². The number of amides is 1. The third kappa shape index (κ3) is 2.99. The second kappa shape index (κ2) is 6.20. The summed E-state index contributed by atoms with van der Waals surface area (Å²) < 4.78 is 5.18. The van der Waals surface area contributed by atoms with E-state index in [1.165, 1.54) is 38.5 Å². The number of aryl methyl sites for hydroxylation is 2. The van der Waals surface area contributed by atoms with Crippen molar-refractivity contribution in [2.24, 2.45) is 5.92 Å². The van der Waals surface area contributed by atoms with E-state index < -0.39 is 0 Å². The number of carbonyl (C=O) groups excluding carboxylic acids is 1. The molecule has 0 spiro atoms. The van der Waals surface area contributed by atoms with Gasteiger partial charge >= 0.3 is 0 Å². The number of aromatic nitrogens is 1. The van der Waals surface area contributed by atoms with Crippen LogP contribution in [0.4, 0.5) is 0 Å². The molecule has 0 bridgehead atoms. The maximum atomic E-state index is 12.6. The Kier molecular flexibility index (Phi) is 4.32. The summed E-state index contributed by atoms with van der Waals surface area (Å²) in [7, 11) is 0. The van der Waals surface area contributed by atoms with Crippen LogP contribution < -0.4 is 0 Å². The van der Waals surface area contributed by atoms with Gasteiger partial charge < -0.3 is 9.42 Å². The van der Waals surface area contributed by atoms with E-state index >= 15 is 0 Å². The third-order valence-corrected chi connectivity index (χ3v) is 5.33. The minimum atomic E-state index is 0.326. The van der Waals surface area contributed by atoms with E-state index in [1.54, 1.807) is 0 Å². The van der Waals surface area contributed by atoms with Crippen LogP contribution in [-0.2, 0) is 11.2 Å². The molecule has 1 aromatic rings. The fraction of sp³-hybridized carbons (Fsp3) is 0.765. The van der Waals surface area contributed by atoms with Crippen LogP contribution >= 0.6 is 0 Å². The molecule has 2 heterocycles. The Morgan fingerprint density at radius 1 is 1.24 bits per heavy atom. The fourth-order valence-electron chi connectivity index (χ4n) is 4.17. The monoisotopic (exact) mass is 290 g/mol. The van der Waals surface area contributed by atoms with E-state index in [9.17, 15) is 4.79 Å². The van der Waals surface area contributed by atoms with Gasteiger partial charge in [-0.05, 0) is 51.9 Å². The summed E-state index contributed by atoms with van der Waals surface area (Å²) in [6, 6.07) is 0.518. The quantitative estimate of drug-likeness (QED) is 0.857. The summed E-state index contributed by atoms with van der Waals surface area (Å²) in [5.74, 6) is 1.94. The number of likely N-dealkylation sites (tertiary alicyclic amines) is 1. The Morgan fingerprint density at radius 2 is 2.00 bits per heavy atom. The third-order valence-electron chi connectivity index (χ3n) is 5.33. The first kappa shape index (κ1) is 14.6. The molecular weight excluding hydrogens is 264 g/mol. The maximum Gasteiger partial charge on any atom is 0.223 e. The second-order valence-electron chi connectivity index (χ2n) is 6.64. The molecule has 2 unspecified atom stereocenters. The normalized spacial score (nSPS) is 25.7. The minimum absolute atomic E-state index is 0.326. The van der Waals surface area contributed by atoms with E-state index in [0.717, 1.165) is 35.9 Å². The highest BCUT2D eigenvalue weighted by molar-refractivity contribution is 5.77. The van der Waals surface area contributed by atoms with Crippen LogP contribution in [0.3, 0.4) is 0 Å². The number of hydrogen-bond acceptors (Lipinski definition) is 3. The van der Waals surface area contributed by atoms with Crippen molar-refractivity contribution in [3.63, 3.8) is 0 Å². The molecule has 4 heteroatoms. The molecule has 2 fully saturated rings. The highest BCUT2D eigenvalue weighted by Gasteiger charge is 2.35. The Hall–Kier alpha value is -1.32. The maximum absolute atomic E-state index is 12.6. The first-order valence-electron chi connectivity index (χ1n) is 8.38. The standard InChI is InChI=1S/C17H26N2O2/c1-12-15(13(2)21-18-12)9-10-17(20)19-11-5-7-14-6-3-4-8-16(14)19/h14,16H,3-11H2,1-2H3. The van der Waals surface area contributed by atoms with Crippen molar-refractivity contribution in [2.75, 3.05) is 6.54 Å².